The van der Waals surface area contributed by atoms with Crippen molar-refractivity contribution in [1.82, 2.24) is 5.32 Å². The van der Waals surface area contributed by atoms with E-state index in [1.54, 1.807) is 0 Å². The molecule has 1 aromatic carbocycles. The van der Waals surface area contributed by atoms with E-state index in [2.05, 4.69) is 55.3 Å². The second-order valence-electron chi connectivity index (χ2n) is 5.50. The molecule has 2 rings (SSSR count). The maximum absolute atomic E-state index is 9.53. The van der Waals surface area contributed by atoms with Crippen molar-refractivity contribution in [2.24, 2.45) is 0 Å². The summed E-state index contributed by atoms with van der Waals surface area (Å²) in [5, 5.41) is 12.9. The first kappa shape index (κ1) is 14.6. The van der Waals surface area contributed by atoms with E-state index in [0.717, 1.165) is 49.4 Å². The predicted molar refractivity (Wildman–Crippen MR) is 84.9 cm³/mol. The zero-order valence-corrected chi connectivity index (χ0v) is 12.7. The van der Waals surface area contributed by atoms with Gasteiger partial charge in [0.2, 0.25) is 0 Å². The number of benzene rings is 1. The van der Waals surface area contributed by atoms with Crippen molar-refractivity contribution in [2.75, 3.05) is 31.1 Å². The largest absolute Gasteiger partial charge is 0.368 e. The Morgan fingerprint density at radius 3 is 2.60 bits per heavy atom. The van der Waals surface area contributed by atoms with Gasteiger partial charge in [-0.1, -0.05) is 24.6 Å². The topological polar surface area (TPSA) is 39.1 Å². The highest BCUT2D eigenvalue weighted by Crippen LogP contribution is 2.27. The Bertz CT molecular complexity index is 542. The van der Waals surface area contributed by atoms with Gasteiger partial charge in [0.1, 0.15) is 6.07 Å². The molecule has 0 unspecified atom stereocenters. The molecule has 0 atom stereocenters. The van der Waals surface area contributed by atoms with Crippen LogP contribution in [-0.4, -0.2) is 26.2 Å². The van der Waals surface area contributed by atoms with Gasteiger partial charge in [0, 0.05) is 26.2 Å². The number of nitriles is 1. The summed E-state index contributed by atoms with van der Waals surface area (Å²) in [6.45, 7) is 10.2. The molecule has 0 radical (unpaired) electrons. The molecule has 1 heterocycles. The molecule has 20 heavy (non-hydrogen) atoms. The van der Waals surface area contributed by atoms with Gasteiger partial charge in [0.25, 0.3) is 0 Å². The summed E-state index contributed by atoms with van der Waals surface area (Å²) in [6, 6.07) is 6.72. The fourth-order valence-electron chi connectivity index (χ4n) is 2.69. The molecule has 1 aliphatic rings. The van der Waals surface area contributed by atoms with Crippen LogP contribution in [0.2, 0.25) is 0 Å². The standard InChI is InChI=1S/C17H23N3/c1-4-15-10-14(9-13(2)3)11-17(16(15)12-18)20-7-5-19-6-8-20/h9-11,19H,4-8H2,1-3H3. The van der Waals surface area contributed by atoms with Crippen LogP contribution in [0.4, 0.5) is 5.69 Å². The quantitative estimate of drug-likeness (QED) is 0.917. The second-order valence-corrected chi connectivity index (χ2v) is 5.50. The first-order valence-corrected chi connectivity index (χ1v) is 7.33. The number of piperazine rings is 1. The molecule has 3 nitrogen and oxygen atoms in total. The number of hydrogen-bond acceptors (Lipinski definition) is 3. The summed E-state index contributed by atoms with van der Waals surface area (Å²) in [5.74, 6) is 0. The van der Waals surface area contributed by atoms with Crippen LogP contribution >= 0.6 is 0 Å². The third-order valence-corrected chi connectivity index (χ3v) is 3.63. The van der Waals surface area contributed by atoms with Gasteiger partial charge in [0.05, 0.1) is 11.3 Å². The third kappa shape index (κ3) is 3.20. The molecule has 0 aromatic heterocycles. The number of anilines is 1. The minimum absolute atomic E-state index is 0.848. The number of aryl methyl sites for hydroxylation is 1. The van der Waals surface area contributed by atoms with Crippen LogP contribution in [0.1, 0.15) is 37.5 Å². The molecular weight excluding hydrogens is 246 g/mol. The lowest BCUT2D eigenvalue weighted by Gasteiger charge is -2.31. The Labute approximate surface area is 121 Å². The number of hydrogen-bond donors (Lipinski definition) is 1. The minimum Gasteiger partial charge on any atom is -0.368 e. The van der Waals surface area contributed by atoms with Crippen LogP contribution in [-0.2, 0) is 6.42 Å². The third-order valence-electron chi connectivity index (χ3n) is 3.63. The smallest absolute Gasteiger partial charge is 0.102 e. The SMILES string of the molecule is CCc1cc(C=C(C)C)cc(N2CCNCC2)c1C#N. The monoisotopic (exact) mass is 269 g/mol. The second kappa shape index (κ2) is 6.58. The summed E-state index contributed by atoms with van der Waals surface area (Å²) >= 11 is 0. The van der Waals surface area contributed by atoms with Crippen LogP contribution in [0.15, 0.2) is 17.7 Å². The molecule has 0 spiro atoms. The lowest BCUT2D eigenvalue weighted by molar-refractivity contribution is 0.588. The Hall–Kier alpha value is -1.79. The Morgan fingerprint density at radius 2 is 2.05 bits per heavy atom. The van der Waals surface area contributed by atoms with Gasteiger partial charge in [-0.3, -0.25) is 0 Å². The molecule has 106 valence electrons. The van der Waals surface area contributed by atoms with E-state index in [-0.39, 0.29) is 0 Å². The molecule has 0 aliphatic carbocycles. The Balaban J connectivity index is 2.51. The molecule has 1 saturated heterocycles. The average Bonchev–Trinajstić information content (AvgIpc) is 2.46. The highest BCUT2D eigenvalue weighted by atomic mass is 15.2. The van der Waals surface area contributed by atoms with Crippen molar-refractivity contribution in [3.8, 4) is 6.07 Å². The Kier molecular flexibility index (Phi) is 4.81. The van der Waals surface area contributed by atoms with Crippen LogP contribution < -0.4 is 10.2 Å². The average molecular weight is 269 g/mol. The number of rotatable bonds is 3. The van der Waals surface area contributed by atoms with E-state index in [9.17, 15) is 5.26 Å². The molecule has 0 bridgehead atoms. The minimum atomic E-state index is 0.848. The molecule has 1 fully saturated rings. The van der Waals surface area contributed by atoms with E-state index < -0.39 is 0 Å². The van der Waals surface area contributed by atoms with Crippen LogP contribution in [0.3, 0.4) is 0 Å². The predicted octanol–water partition coefficient (Wildman–Crippen LogP) is 2.95. The van der Waals surface area contributed by atoms with E-state index in [1.165, 1.54) is 11.1 Å². The first-order valence-electron chi connectivity index (χ1n) is 7.33. The maximum atomic E-state index is 9.53. The van der Waals surface area contributed by atoms with E-state index in [1.807, 2.05) is 0 Å². The van der Waals surface area contributed by atoms with E-state index in [4.69, 9.17) is 0 Å². The molecule has 3 heteroatoms. The summed E-state index contributed by atoms with van der Waals surface area (Å²) < 4.78 is 0. The van der Waals surface area contributed by atoms with Crippen molar-refractivity contribution < 1.29 is 0 Å². The van der Waals surface area contributed by atoms with Gasteiger partial charge in [-0.05, 0) is 37.5 Å². The first-order chi connectivity index (χ1) is 9.65. The molecule has 1 N–H and O–H groups in total. The lowest BCUT2D eigenvalue weighted by Crippen LogP contribution is -2.43. The molecule has 1 aromatic rings. The van der Waals surface area contributed by atoms with Crippen molar-refractivity contribution in [1.29, 1.82) is 5.26 Å². The van der Waals surface area contributed by atoms with Crippen molar-refractivity contribution >= 4 is 11.8 Å². The summed E-state index contributed by atoms with van der Waals surface area (Å²) in [6.07, 6.45) is 3.08. The molecule has 0 saturated carbocycles. The van der Waals surface area contributed by atoms with Gasteiger partial charge >= 0.3 is 0 Å². The molecule has 1 aliphatic heterocycles. The van der Waals surface area contributed by atoms with Crippen LogP contribution in [0.5, 0.6) is 0 Å². The van der Waals surface area contributed by atoms with Gasteiger partial charge in [-0.25, -0.2) is 0 Å². The molecular formula is C17H23N3. The summed E-state index contributed by atoms with van der Waals surface area (Å²) in [5.41, 5.74) is 5.58. The van der Waals surface area contributed by atoms with Crippen molar-refractivity contribution in [3.63, 3.8) is 0 Å². The summed E-state index contributed by atoms with van der Waals surface area (Å²) in [7, 11) is 0. The maximum Gasteiger partial charge on any atom is 0.102 e. The summed E-state index contributed by atoms with van der Waals surface area (Å²) in [4.78, 5) is 2.33. The highest BCUT2D eigenvalue weighted by Gasteiger charge is 2.17. The van der Waals surface area contributed by atoms with Gasteiger partial charge in [-0.15, -0.1) is 0 Å². The van der Waals surface area contributed by atoms with Crippen LogP contribution in [0, 0.1) is 11.3 Å². The lowest BCUT2D eigenvalue weighted by atomic mass is 9.98. The number of nitrogens with one attached hydrogen (secondary N) is 1. The van der Waals surface area contributed by atoms with Gasteiger partial charge < -0.3 is 10.2 Å². The fraction of sp³-hybridized carbons (Fsp3) is 0.471. The zero-order chi connectivity index (χ0) is 14.5. The molecule has 0 amide bonds. The normalized spacial score (nSPS) is 14.8. The van der Waals surface area contributed by atoms with Crippen molar-refractivity contribution in [2.45, 2.75) is 27.2 Å². The number of allylic oxidation sites excluding steroid dienone is 1. The van der Waals surface area contributed by atoms with Gasteiger partial charge in [0.15, 0.2) is 0 Å². The van der Waals surface area contributed by atoms with Gasteiger partial charge in [-0.2, -0.15) is 5.26 Å². The van der Waals surface area contributed by atoms with Crippen LogP contribution in [0.25, 0.3) is 6.08 Å². The fourth-order valence-corrected chi connectivity index (χ4v) is 2.69. The van der Waals surface area contributed by atoms with Crippen molar-refractivity contribution in [3.05, 3.63) is 34.4 Å². The van der Waals surface area contributed by atoms with E-state index >= 15 is 0 Å². The highest BCUT2D eigenvalue weighted by molar-refractivity contribution is 5.69. The van der Waals surface area contributed by atoms with E-state index in [0.29, 0.717) is 0 Å². The number of nitrogens with zero attached hydrogens (tertiary/aromatic N) is 2. The zero-order valence-electron chi connectivity index (χ0n) is 12.7. The Morgan fingerprint density at radius 1 is 1.35 bits per heavy atom.